The summed E-state index contributed by atoms with van der Waals surface area (Å²) in [6.45, 7) is 10.2. The third-order valence-electron chi connectivity index (χ3n) is 7.57. The molecule has 4 heteroatoms. The minimum Gasteiger partial charge on any atom is -0.497 e. The molecule has 0 radical (unpaired) electrons. The first-order valence-electron chi connectivity index (χ1n) is 12.2. The lowest BCUT2D eigenvalue weighted by Crippen LogP contribution is -2.45. The SMILES string of the molecule is COc1ccc2c(c1)C1(CCN(Cc3cc(C)cc(C)c3)CC1)CN2C(=O)c1ccc(C)cc1. The number of anilines is 1. The van der Waals surface area contributed by atoms with Crippen molar-refractivity contribution in [3.05, 3.63) is 94.0 Å². The van der Waals surface area contributed by atoms with Gasteiger partial charge in [-0.2, -0.15) is 0 Å². The van der Waals surface area contributed by atoms with Crippen LogP contribution in [0.25, 0.3) is 0 Å². The van der Waals surface area contributed by atoms with Crippen LogP contribution in [0.5, 0.6) is 5.75 Å². The highest BCUT2D eigenvalue weighted by Gasteiger charge is 2.46. The van der Waals surface area contributed by atoms with Crippen LogP contribution in [0.2, 0.25) is 0 Å². The number of methoxy groups -OCH3 is 1. The molecular formula is C30H34N2O2. The maximum absolute atomic E-state index is 13.6. The molecule has 0 N–H and O–H groups in total. The van der Waals surface area contributed by atoms with E-state index in [1.54, 1.807) is 7.11 Å². The molecule has 4 nitrogen and oxygen atoms in total. The highest BCUT2D eigenvalue weighted by Crippen LogP contribution is 2.48. The van der Waals surface area contributed by atoms with Gasteiger partial charge in [0, 0.05) is 29.8 Å². The lowest BCUT2D eigenvalue weighted by atomic mass is 9.74. The molecule has 1 saturated heterocycles. The molecule has 1 spiro atoms. The van der Waals surface area contributed by atoms with Gasteiger partial charge in [0.2, 0.25) is 0 Å². The van der Waals surface area contributed by atoms with Gasteiger partial charge in [-0.05, 0) is 88.2 Å². The van der Waals surface area contributed by atoms with E-state index in [9.17, 15) is 4.79 Å². The summed E-state index contributed by atoms with van der Waals surface area (Å²) < 4.78 is 5.58. The third-order valence-corrected chi connectivity index (χ3v) is 7.57. The lowest BCUT2D eigenvalue weighted by molar-refractivity contribution is 0.0975. The highest BCUT2D eigenvalue weighted by atomic mass is 16.5. The molecule has 34 heavy (non-hydrogen) atoms. The van der Waals surface area contributed by atoms with E-state index in [1.807, 2.05) is 42.2 Å². The Kier molecular flexibility index (Phi) is 5.95. The number of rotatable bonds is 4. The molecule has 3 aromatic rings. The molecule has 5 rings (SSSR count). The first-order valence-corrected chi connectivity index (χ1v) is 12.2. The van der Waals surface area contributed by atoms with Crippen LogP contribution < -0.4 is 9.64 Å². The van der Waals surface area contributed by atoms with E-state index in [0.717, 1.165) is 61.6 Å². The zero-order valence-electron chi connectivity index (χ0n) is 20.7. The minimum atomic E-state index is -0.0246. The van der Waals surface area contributed by atoms with Crippen LogP contribution in [0.4, 0.5) is 5.69 Å². The van der Waals surface area contributed by atoms with Crippen molar-refractivity contribution in [2.24, 2.45) is 0 Å². The number of piperidine rings is 1. The summed E-state index contributed by atoms with van der Waals surface area (Å²) in [6, 6.07) is 21.0. The standard InChI is InChI=1S/C30H34N2O2/c1-21-5-7-25(8-6-21)29(33)32-20-30(27-18-26(34-4)9-10-28(27)32)11-13-31(14-12-30)19-24-16-22(2)15-23(3)17-24/h5-10,15-18H,11-14,19-20H2,1-4H3. The number of amides is 1. The van der Waals surface area contributed by atoms with E-state index in [4.69, 9.17) is 4.74 Å². The van der Waals surface area contributed by atoms with E-state index in [0.29, 0.717) is 0 Å². The van der Waals surface area contributed by atoms with Crippen molar-refractivity contribution in [3.63, 3.8) is 0 Å². The van der Waals surface area contributed by atoms with Crippen LogP contribution in [-0.2, 0) is 12.0 Å². The lowest BCUT2D eigenvalue weighted by Gasteiger charge is -2.40. The van der Waals surface area contributed by atoms with Crippen LogP contribution >= 0.6 is 0 Å². The average Bonchev–Trinajstić information content (AvgIpc) is 3.13. The Morgan fingerprint density at radius 3 is 2.21 bits per heavy atom. The molecular weight excluding hydrogens is 420 g/mol. The molecule has 0 saturated carbocycles. The molecule has 0 unspecified atom stereocenters. The van der Waals surface area contributed by atoms with Gasteiger partial charge in [-0.1, -0.05) is 47.0 Å². The van der Waals surface area contributed by atoms with Crippen molar-refractivity contribution < 1.29 is 9.53 Å². The van der Waals surface area contributed by atoms with E-state index in [2.05, 4.69) is 49.1 Å². The monoisotopic (exact) mass is 454 g/mol. The van der Waals surface area contributed by atoms with Crippen molar-refractivity contribution in [3.8, 4) is 5.75 Å². The molecule has 2 aliphatic heterocycles. The molecule has 1 amide bonds. The zero-order chi connectivity index (χ0) is 23.9. The van der Waals surface area contributed by atoms with Gasteiger partial charge in [-0.3, -0.25) is 9.69 Å². The zero-order valence-corrected chi connectivity index (χ0v) is 20.7. The molecule has 2 aliphatic rings. The van der Waals surface area contributed by atoms with Crippen molar-refractivity contribution in [2.45, 2.75) is 45.6 Å². The fourth-order valence-electron chi connectivity index (χ4n) is 5.79. The number of carbonyl (C=O) groups is 1. The van der Waals surface area contributed by atoms with Crippen molar-refractivity contribution in [2.75, 3.05) is 31.6 Å². The summed E-state index contributed by atoms with van der Waals surface area (Å²) in [5.41, 5.74) is 8.22. The number of hydrogen-bond acceptors (Lipinski definition) is 3. The second-order valence-corrected chi connectivity index (χ2v) is 10.2. The molecule has 0 atom stereocenters. The van der Waals surface area contributed by atoms with Crippen LogP contribution in [0.1, 0.15) is 51.0 Å². The van der Waals surface area contributed by atoms with Gasteiger partial charge in [-0.25, -0.2) is 0 Å². The van der Waals surface area contributed by atoms with Crippen molar-refractivity contribution in [1.29, 1.82) is 0 Å². The molecule has 176 valence electrons. The Hall–Kier alpha value is -3.11. The maximum atomic E-state index is 13.6. The first kappa shape index (κ1) is 22.7. The van der Waals surface area contributed by atoms with Gasteiger partial charge in [0.15, 0.2) is 0 Å². The van der Waals surface area contributed by atoms with Gasteiger partial charge < -0.3 is 9.64 Å². The van der Waals surface area contributed by atoms with E-state index >= 15 is 0 Å². The van der Waals surface area contributed by atoms with Gasteiger partial charge in [0.05, 0.1) is 7.11 Å². The summed E-state index contributed by atoms with van der Waals surface area (Å²) in [5, 5.41) is 0. The number of benzene rings is 3. The number of hydrogen-bond donors (Lipinski definition) is 0. The number of ether oxygens (including phenoxy) is 1. The van der Waals surface area contributed by atoms with Gasteiger partial charge >= 0.3 is 0 Å². The Morgan fingerprint density at radius 1 is 0.882 bits per heavy atom. The summed E-state index contributed by atoms with van der Waals surface area (Å²) >= 11 is 0. The van der Waals surface area contributed by atoms with Crippen LogP contribution in [0, 0.1) is 20.8 Å². The van der Waals surface area contributed by atoms with Gasteiger partial charge in [0.1, 0.15) is 5.75 Å². The Bertz CT molecular complexity index is 1190. The van der Waals surface area contributed by atoms with Crippen LogP contribution in [0.3, 0.4) is 0 Å². The first-order chi connectivity index (χ1) is 16.4. The van der Waals surface area contributed by atoms with E-state index in [-0.39, 0.29) is 11.3 Å². The highest BCUT2D eigenvalue weighted by molar-refractivity contribution is 6.07. The maximum Gasteiger partial charge on any atom is 0.258 e. The second kappa shape index (κ2) is 8.92. The fraction of sp³-hybridized carbons (Fsp3) is 0.367. The normalized spacial score (nSPS) is 17.1. The molecule has 1 fully saturated rings. The summed E-state index contributed by atoms with van der Waals surface area (Å²) in [6.07, 6.45) is 2.07. The number of likely N-dealkylation sites (tertiary alicyclic amines) is 1. The van der Waals surface area contributed by atoms with Crippen LogP contribution in [0.15, 0.2) is 60.7 Å². The second-order valence-electron chi connectivity index (χ2n) is 10.2. The van der Waals surface area contributed by atoms with Gasteiger partial charge in [-0.15, -0.1) is 0 Å². The predicted molar refractivity (Wildman–Crippen MR) is 138 cm³/mol. The molecule has 3 aromatic carbocycles. The topological polar surface area (TPSA) is 32.8 Å². The molecule has 2 heterocycles. The average molecular weight is 455 g/mol. The van der Waals surface area contributed by atoms with E-state index < -0.39 is 0 Å². The van der Waals surface area contributed by atoms with Crippen LogP contribution in [-0.4, -0.2) is 37.6 Å². The Morgan fingerprint density at radius 2 is 1.56 bits per heavy atom. The van der Waals surface area contributed by atoms with Crippen molar-refractivity contribution in [1.82, 2.24) is 4.90 Å². The van der Waals surface area contributed by atoms with Gasteiger partial charge in [0.25, 0.3) is 5.91 Å². The number of aryl methyl sites for hydroxylation is 3. The number of carbonyl (C=O) groups excluding carboxylic acids is 1. The Balaban J connectivity index is 1.40. The molecule has 0 bridgehead atoms. The third kappa shape index (κ3) is 4.23. The molecule has 0 aliphatic carbocycles. The summed E-state index contributed by atoms with van der Waals surface area (Å²) in [7, 11) is 1.71. The quantitative estimate of drug-likeness (QED) is 0.498. The minimum absolute atomic E-state index is 0.0246. The number of nitrogens with zero attached hydrogens (tertiary/aromatic N) is 2. The molecule has 0 aromatic heterocycles. The Labute approximate surface area is 203 Å². The largest absolute Gasteiger partial charge is 0.497 e. The predicted octanol–water partition coefficient (Wildman–Crippen LogP) is 5.81. The van der Waals surface area contributed by atoms with Crippen molar-refractivity contribution >= 4 is 11.6 Å². The number of fused-ring (bicyclic) bond motifs is 2. The van der Waals surface area contributed by atoms with E-state index in [1.165, 1.54) is 22.3 Å². The summed E-state index contributed by atoms with van der Waals surface area (Å²) in [4.78, 5) is 18.1. The fourth-order valence-corrected chi connectivity index (χ4v) is 5.79. The smallest absolute Gasteiger partial charge is 0.258 e. The summed E-state index contributed by atoms with van der Waals surface area (Å²) in [5.74, 6) is 0.946.